The van der Waals surface area contributed by atoms with Crippen LogP contribution in [0.2, 0.25) is 0 Å². The predicted molar refractivity (Wildman–Crippen MR) is 173 cm³/mol. The molecule has 0 saturated heterocycles. The highest BCUT2D eigenvalue weighted by Crippen LogP contribution is 2.29. The van der Waals surface area contributed by atoms with E-state index < -0.39 is 83.9 Å². The van der Waals surface area contributed by atoms with Crippen LogP contribution < -0.4 is 10.6 Å². The summed E-state index contributed by atoms with van der Waals surface area (Å²) in [7, 11) is 0. The van der Waals surface area contributed by atoms with Crippen LogP contribution in [-0.4, -0.2) is 73.6 Å². The first-order valence-electron chi connectivity index (χ1n) is 16.1. The molecular formula is C34H39F6N7O4. The first-order chi connectivity index (χ1) is 23.8. The predicted octanol–water partition coefficient (Wildman–Crippen LogP) is 5.16. The molecule has 1 aliphatic heterocycles. The molecule has 0 spiro atoms. The first kappa shape index (κ1) is 38.8. The number of hydrogen-bond donors (Lipinski definition) is 2. The number of alkyl carbamates (subject to hydrolysis) is 1. The molecule has 2 heterocycles. The number of fused-ring (bicyclic) bond motifs is 1. The van der Waals surface area contributed by atoms with Crippen LogP contribution in [0.4, 0.5) is 31.1 Å². The Morgan fingerprint density at radius 1 is 0.941 bits per heavy atom. The van der Waals surface area contributed by atoms with Crippen molar-refractivity contribution in [2.75, 3.05) is 6.54 Å². The molecule has 17 heteroatoms. The molecule has 0 aliphatic carbocycles. The number of carbonyl (C=O) groups is 3. The van der Waals surface area contributed by atoms with Gasteiger partial charge in [-0.3, -0.25) is 14.6 Å². The van der Waals surface area contributed by atoms with Crippen molar-refractivity contribution >= 4 is 23.6 Å². The lowest BCUT2D eigenvalue weighted by atomic mass is 10.0. The number of amides is 3. The molecule has 51 heavy (non-hydrogen) atoms. The van der Waals surface area contributed by atoms with Crippen molar-refractivity contribution in [3.8, 4) is 0 Å². The van der Waals surface area contributed by atoms with Gasteiger partial charge in [0.2, 0.25) is 17.6 Å². The molecule has 3 atom stereocenters. The van der Waals surface area contributed by atoms with E-state index in [9.17, 15) is 40.7 Å². The maximum absolute atomic E-state index is 14.7. The van der Waals surface area contributed by atoms with Gasteiger partial charge in [-0.15, -0.1) is 10.2 Å². The normalized spacial score (nSPS) is 15.4. The Bertz CT molecular complexity index is 1760. The van der Waals surface area contributed by atoms with Gasteiger partial charge in [0.05, 0.1) is 12.6 Å². The van der Waals surface area contributed by atoms with Crippen LogP contribution in [0.5, 0.6) is 0 Å². The van der Waals surface area contributed by atoms with Gasteiger partial charge in [-0.2, -0.15) is 13.2 Å². The summed E-state index contributed by atoms with van der Waals surface area (Å²) in [5, 5.41) is 12.2. The number of benzene rings is 2. The highest BCUT2D eigenvalue weighted by Gasteiger charge is 2.40. The summed E-state index contributed by atoms with van der Waals surface area (Å²) in [5.74, 6) is -6.49. The molecule has 0 saturated carbocycles. The second-order valence-corrected chi connectivity index (χ2v) is 13.2. The Balaban J connectivity index is 1.53. The summed E-state index contributed by atoms with van der Waals surface area (Å²) in [5.41, 5.74) is 0.124. The van der Waals surface area contributed by atoms with Crippen molar-refractivity contribution in [1.29, 1.82) is 0 Å². The number of nitrogens with zero attached hydrogens (tertiary/aromatic N) is 5. The smallest absolute Gasteiger partial charge is 0.444 e. The largest absolute Gasteiger partial charge is 0.451 e. The number of halogens is 6. The second kappa shape index (κ2) is 15.9. The van der Waals surface area contributed by atoms with Gasteiger partial charge in [0.15, 0.2) is 17.5 Å². The Kier molecular flexibility index (Phi) is 12.1. The van der Waals surface area contributed by atoms with Crippen LogP contribution in [0, 0.1) is 17.5 Å². The number of ether oxygens (including phenoxy) is 1. The van der Waals surface area contributed by atoms with Crippen LogP contribution >= 0.6 is 0 Å². The first-order valence-corrected chi connectivity index (χ1v) is 16.1. The standard InChI is InChI=1S/C34H39F6N7O4/c1-19(27(13-21-9-7-6-8-10-21)43-32(50)51-33(3,4)5)41-20(2)30(49)42-23(14-22-15-25(36)26(37)17-24(22)35)16-29(48)46-11-12-47-28(18-46)44-45-31(47)34(38,39)40/h6-10,15,17,20,23,27H,11-14,16,18H2,1-5H3,(H,42,49)(H,43,50). The summed E-state index contributed by atoms with van der Waals surface area (Å²) in [6.45, 7) is 7.51. The minimum Gasteiger partial charge on any atom is -0.444 e. The zero-order valence-electron chi connectivity index (χ0n) is 28.7. The lowest BCUT2D eigenvalue weighted by molar-refractivity contribution is -0.148. The van der Waals surface area contributed by atoms with Crippen molar-refractivity contribution in [2.45, 2.75) is 96.9 Å². The van der Waals surface area contributed by atoms with Crippen LogP contribution in [-0.2, 0) is 46.4 Å². The van der Waals surface area contributed by atoms with Crippen LogP contribution in [0.15, 0.2) is 47.5 Å². The van der Waals surface area contributed by atoms with Crippen molar-refractivity contribution < 1.29 is 45.5 Å². The molecule has 4 rings (SSSR count). The summed E-state index contributed by atoms with van der Waals surface area (Å²) < 4.78 is 88.6. The van der Waals surface area contributed by atoms with Gasteiger partial charge >= 0.3 is 12.3 Å². The SMILES string of the molecule is CC(=NC(C)C(=O)NC(CC(=O)N1CCn2c(nnc2C(F)(F)F)C1)Cc1cc(F)c(F)cc1F)C(Cc1ccccc1)NC(=O)OC(C)(C)C. The Labute approximate surface area is 290 Å². The lowest BCUT2D eigenvalue weighted by Gasteiger charge is -2.30. The van der Waals surface area contributed by atoms with Gasteiger partial charge in [-0.1, -0.05) is 30.3 Å². The molecule has 0 fully saturated rings. The third-order valence-corrected chi connectivity index (χ3v) is 7.94. The minimum atomic E-state index is -4.74. The molecule has 276 valence electrons. The molecule has 11 nitrogen and oxygen atoms in total. The Hall–Kier alpha value is -4.96. The minimum absolute atomic E-state index is 0.0994. The van der Waals surface area contributed by atoms with Crippen molar-refractivity contribution in [3.63, 3.8) is 0 Å². The average Bonchev–Trinajstić information content (AvgIpc) is 3.47. The van der Waals surface area contributed by atoms with E-state index in [1.54, 1.807) is 27.7 Å². The Morgan fingerprint density at radius 3 is 2.25 bits per heavy atom. The number of rotatable bonds is 11. The van der Waals surface area contributed by atoms with E-state index in [2.05, 4.69) is 25.8 Å². The number of aromatic nitrogens is 3. The average molecular weight is 724 g/mol. The number of nitrogens with one attached hydrogen (secondary N) is 2. The van der Waals surface area contributed by atoms with Gasteiger partial charge in [-0.05, 0) is 64.7 Å². The lowest BCUT2D eigenvalue weighted by Crippen LogP contribution is -2.47. The maximum atomic E-state index is 14.7. The quantitative estimate of drug-likeness (QED) is 0.160. The van der Waals surface area contributed by atoms with E-state index in [0.29, 0.717) is 24.3 Å². The van der Waals surface area contributed by atoms with Crippen molar-refractivity contribution in [3.05, 3.63) is 82.7 Å². The van der Waals surface area contributed by atoms with Crippen molar-refractivity contribution in [2.24, 2.45) is 4.99 Å². The molecule has 0 bridgehead atoms. The van der Waals surface area contributed by atoms with Gasteiger partial charge in [-0.25, -0.2) is 18.0 Å². The zero-order valence-corrected chi connectivity index (χ0v) is 28.7. The van der Waals surface area contributed by atoms with E-state index in [1.807, 2.05) is 30.3 Å². The topological polar surface area (TPSA) is 131 Å². The Morgan fingerprint density at radius 2 is 1.61 bits per heavy atom. The molecule has 1 aromatic heterocycles. The fourth-order valence-electron chi connectivity index (χ4n) is 5.46. The van der Waals surface area contributed by atoms with E-state index in [1.165, 1.54) is 11.8 Å². The third-order valence-electron chi connectivity index (χ3n) is 7.94. The number of carbonyl (C=O) groups excluding carboxylic acids is 3. The zero-order chi connectivity index (χ0) is 37.7. The van der Waals surface area contributed by atoms with Gasteiger partial charge < -0.3 is 24.8 Å². The molecule has 1 aliphatic rings. The molecule has 3 aromatic rings. The molecule has 2 N–H and O–H groups in total. The van der Waals surface area contributed by atoms with E-state index in [4.69, 9.17) is 4.74 Å². The molecule has 0 radical (unpaired) electrons. The van der Waals surface area contributed by atoms with Crippen molar-refractivity contribution in [1.82, 2.24) is 30.3 Å². The van der Waals surface area contributed by atoms with Gasteiger partial charge in [0.25, 0.3) is 0 Å². The fourth-order valence-corrected chi connectivity index (χ4v) is 5.46. The number of alkyl halides is 3. The highest BCUT2D eigenvalue weighted by molar-refractivity contribution is 5.93. The fraction of sp³-hybridized carbons (Fsp3) is 0.471. The monoisotopic (exact) mass is 723 g/mol. The number of hydrogen-bond acceptors (Lipinski definition) is 7. The summed E-state index contributed by atoms with van der Waals surface area (Å²) in [6, 6.07) is 7.20. The summed E-state index contributed by atoms with van der Waals surface area (Å²) in [6.07, 6.45) is -6.05. The van der Waals surface area contributed by atoms with E-state index >= 15 is 0 Å². The van der Waals surface area contributed by atoms with E-state index in [-0.39, 0.29) is 31.0 Å². The molecular weight excluding hydrogens is 684 g/mol. The maximum Gasteiger partial charge on any atom is 0.451 e. The van der Waals surface area contributed by atoms with E-state index in [0.717, 1.165) is 10.1 Å². The van der Waals surface area contributed by atoms with Gasteiger partial charge in [0.1, 0.15) is 17.5 Å². The molecule has 3 amide bonds. The van der Waals surface area contributed by atoms with Crippen LogP contribution in [0.3, 0.4) is 0 Å². The third kappa shape index (κ3) is 10.8. The summed E-state index contributed by atoms with van der Waals surface area (Å²) in [4.78, 5) is 45.3. The highest BCUT2D eigenvalue weighted by atomic mass is 19.4. The molecule has 3 unspecified atom stereocenters. The van der Waals surface area contributed by atoms with Gasteiger partial charge in [0, 0.05) is 37.3 Å². The number of aliphatic imine (C=N–C) groups is 1. The van der Waals surface area contributed by atoms with Crippen LogP contribution in [0.1, 0.15) is 63.8 Å². The molecule has 2 aromatic carbocycles. The second-order valence-electron chi connectivity index (χ2n) is 13.2. The van der Waals surface area contributed by atoms with Crippen LogP contribution in [0.25, 0.3) is 0 Å². The summed E-state index contributed by atoms with van der Waals surface area (Å²) >= 11 is 0.